The Bertz CT molecular complexity index is 582. The van der Waals surface area contributed by atoms with E-state index in [4.69, 9.17) is 0 Å². The Labute approximate surface area is 141 Å². The fourth-order valence-electron chi connectivity index (χ4n) is 2.29. The normalized spacial score (nSPS) is 20.2. The van der Waals surface area contributed by atoms with E-state index in [9.17, 15) is 9.59 Å². The Morgan fingerprint density at radius 1 is 1.24 bits per heavy atom. The molecule has 0 radical (unpaired) electrons. The number of carbonyl (C=O) groups is 2. The molecule has 0 bridgehead atoms. The van der Waals surface area contributed by atoms with E-state index in [1.54, 1.807) is 4.90 Å². The zero-order valence-corrected chi connectivity index (χ0v) is 15.4. The molecule has 2 rings (SSSR count). The number of benzene rings is 1. The Balaban J connectivity index is 2.45. The predicted molar refractivity (Wildman–Crippen MR) is 90.2 cm³/mol. The highest BCUT2D eigenvalue weighted by Crippen LogP contribution is 2.32. The highest BCUT2D eigenvalue weighted by molar-refractivity contribution is 9.11. The second kappa shape index (κ2) is 6.08. The number of amides is 2. The van der Waals surface area contributed by atoms with Crippen LogP contribution in [0, 0.1) is 5.41 Å². The molecular weight excluding hydrogens is 400 g/mol. The lowest BCUT2D eigenvalue weighted by molar-refractivity contribution is -0.127. The number of rotatable bonds is 1. The van der Waals surface area contributed by atoms with Crippen molar-refractivity contribution in [3.8, 4) is 0 Å². The molecule has 1 N–H and O–H groups in total. The summed E-state index contributed by atoms with van der Waals surface area (Å²) in [6.45, 7) is 6.24. The molecule has 1 atom stereocenters. The lowest BCUT2D eigenvalue weighted by Crippen LogP contribution is -2.52. The molecular formula is C15H18Br2N2O2. The summed E-state index contributed by atoms with van der Waals surface area (Å²) in [6.07, 6.45) is 0.303. The monoisotopic (exact) mass is 416 g/mol. The zero-order chi connectivity index (χ0) is 15.8. The van der Waals surface area contributed by atoms with Gasteiger partial charge in [0.05, 0.1) is 5.69 Å². The Morgan fingerprint density at radius 3 is 2.52 bits per heavy atom. The maximum Gasteiger partial charge on any atom is 0.250 e. The van der Waals surface area contributed by atoms with E-state index in [0.29, 0.717) is 13.0 Å². The number of anilines is 1. The number of hydrogen-bond donors (Lipinski definition) is 1. The van der Waals surface area contributed by atoms with E-state index >= 15 is 0 Å². The summed E-state index contributed by atoms with van der Waals surface area (Å²) in [5.41, 5.74) is 0.438. The molecule has 0 aliphatic carbocycles. The molecule has 114 valence electrons. The first-order valence-electron chi connectivity index (χ1n) is 6.76. The van der Waals surface area contributed by atoms with Crippen molar-refractivity contribution in [1.82, 2.24) is 5.32 Å². The fourth-order valence-corrected chi connectivity index (χ4v) is 3.10. The third-order valence-corrected chi connectivity index (χ3v) is 4.61. The van der Waals surface area contributed by atoms with Gasteiger partial charge in [0.1, 0.15) is 6.04 Å². The minimum Gasteiger partial charge on any atom is -0.344 e. The summed E-state index contributed by atoms with van der Waals surface area (Å²) in [4.78, 5) is 26.5. The van der Waals surface area contributed by atoms with Crippen LogP contribution in [0.5, 0.6) is 0 Å². The number of hydrogen-bond acceptors (Lipinski definition) is 2. The molecule has 6 heteroatoms. The molecule has 1 aromatic carbocycles. The summed E-state index contributed by atoms with van der Waals surface area (Å²) >= 11 is 6.91. The summed E-state index contributed by atoms with van der Waals surface area (Å²) in [7, 11) is 0. The highest BCUT2D eigenvalue weighted by Gasteiger charge is 2.38. The van der Waals surface area contributed by atoms with Crippen molar-refractivity contribution in [2.24, 2.45) is 5.41 Å². The second-order valence-corrected chi connectivity index (χ2v) is 7.97. The number of nitrogens with zero attached hydrogens (tertiary/aromatic N) is 1. The van der Waals surface area contributed by atoms with Gasteiger partial charge in [-0.1, -0.05) is 36.7 Å². The van der Waals surface area contributed by atoms with Gasteiger partial charge in [-0.2, -0.15) is 0 Å². The van der Waals surface area contributed by atoms with Gasteiger partial charge in [0, 0.05) is 21.9 Å². The summed E-state index contributed by atoms with van der Waals surface area (Å²) in [5, 5.41) is 2.85. The average Bonchev–Trinajstić information content (AvgIpc) is 2.52. The van der Waals surface area contributed by atoms with E-state index in [-0.39, 0.29) is 17.2 Å². The Morgan fingerprint density at radius 2 is 1.90 bits per heavy atom. The van der Waals surface area contributed by atoms with Crippen molar-refractivity contribution in [3.63, 3.8) is 0 Å². The van der Waals surface area contributed by atoms with Crippen LogP contribution in [0.3, 0.4) is 0 Å². The van der Waals surface area contributed by atoms with E-state index < -0.39 is 6.04 Å². The largest absolute Gasteiger partial charge is 0.344 e. The molecule has 1 saturated heterocycles. The van der Waals surface area contributed by atoms with E-state index in [0.717, 1.165) is 14.6 Å². The van der Waals surface area contributed by atoms with Gasteiger partial charge in [0.2, 0.25) is 11.8 Å². The topological polar surface area (TPSA) is 49.4 Å². The third kappa shape index (κ3) is 3.66. The number of nitrogens with one attached hydrogen (secondary N) is 1. The lowest BCUT2D eigenvalue weighted by atomic mass is 9.86. The van der Waals surface area contributed by atoms with Gasteiger partial charge in [0.15, 0.2) is 0 Å². The van der Waals surface area contributed by atoms with Gasteiger partial charge in [-0.05, 0) is 39.5 Å². The van der Waals surface area contributed by atoms with Gasteiger partial charge in [0.25, 0.3) is 0 Å². The molecule has 1 aliphatic heterocycles. The van der Waals surface area contributed by atoms with Gasteiger partial charge < -0.3 is 10.2 Å². The van der Waals surface area contributed by atoms with Crippen LogP contribution in [0.25, 0.3) is 0 Å². The molecule has 1 fully saturated rings. The first kappa shape index (κ1) is 16.5. The predicted octanol–water partition coefficient (Wildman–Crippen LogP) is 3.48. The van der Waals surface area contributed by atoms with Crippen LogP contribution in [0.4, 0.5) is 5.69 Å². The minimum atomic E-state index is -0.529. The van der Waals surface area contributed by atoms with Crippen molar-refractivity contribution in [2.75, 3.05) is 11.4 Å². The van der Waals surface area contributed by atoms with Gasteiger partial charge in [-0.15, -0.1) is 0 Å². The Kier molecular flexibility index (Phi) is 4.78. The molecule has 0 spiro atoms. The SMILES string of the molecule is CC(C)(C)C1NC(=O)CCN(c2cc(Br)ccc2Br)C1=O. The maximum atomic E-state index is 12.9. The molecule has 21 heavy (non-hydrogen) atoms. The quantitative estimate of drug-likeness (QED) is 0.760. The third-order valence-electron chi connectivity index (χ3n) is 3.45. The first-order valence-corrected chi connectivity index (χ1v) is 8.34. The Hall–Kier alpha value is -0.880. The van der Waals surface area contributed by atoms with Crippen LogP contribution in [-0.2, 0) is 9.59 Å². The molecule has 2 amide bonds. The number of carbonyl (C=O) groups excluding carboxylic acids is 2. The molecule has 1 aromatic rings. The minimum absolute atomic E-state index is 0.0767. The van der Waals surface area contributed by atoms with Crippen LogP contribution < -0.4 is 10.2 Å². The van der Waals surface area contributed by atoms with E-state index in [1.807, 2.05) is 39.0 Å². The summed E-state index contributed by atoms with van der Waals surface area (Å²) in [6, 6.07) is 5.15. The molecule has 0 saturated carbocycles. The van der Waals surface area contributed by atoms with Gasteiger partial charge >= 0.3 is 0 Å². The van der Waals surface area contributed by atoms with Crippen LogP contribution in [-0.4, -0.2) is 24.4 Å². The van der Waals surface area contributed by atoms with Crippen molar-refractivity contribution in [2.45, 2.75) is 33.2 Å². The van der Waals surface area contributed by atoms with E-state index in [1.165, 1.54) is 0 Å². The molecule has 1 unspecified atom stereocenters. The first-order chi connectivity index (χ1) is 9.70. The van der Waals surface area contributed by atoms with Crippen molar-refractivity contribution >= 4 is 49.4 Å². The summed E-state index contributed by atoms with van der Waals surface area (Å²) < 4.78 is 1.73. The number of halogens is 2. The molecule has 4 nitrogen and oxygen atoms in total. The van der Waals surface area contributed by atoms with Crippen molar-refractivity contribution in [3.05, 3.63) is 27.1 Å². The molecule has 1 aliphatic rings. The molecule has 1 heterocycles. The highest BCUT2D eigenvalue weighted by atomic mass is 79.9. The standard InChI is InChI=1S/C15H18Br2N2O2/c1-15(2,3)13-14(21)19(7-6-12(20)18-13)11-8-9(16)4-5-10(11)17/h4-5,8,13H,6-7H2,1-3H3,(H,18,20). The van der Waals surface area contributed by atoms with Gasteiger partial charge in [-0.25, -0.2) is 0 Å². The van der Waals surface area contributed by atoms with E-state index in [2.05, 4.69) is 37.2 Å². The second-order valence-electron chi connectivity index (χ2n) is 6.20. The van der Waals surface area contributed by atoms with Crippen LogP contribution >= 0.6 is 31.9 Å². The smallest absolute Gasteiger partial charge is 0.250 e. The van der Waals surface area contributed by atoms with Crippen LogP contribution in [0.1, 0.15) is 27.2 Å². The van der Waals surface area contributed by atoms with Crippen molar-refractivity contribution in [1.29, 1.82) is 0 Å². The molecule has 0 aromatic heterocycles. The summed E-state index contributed by atoms with van der Waals surface area (Å²) in [5.74, 6) is -0.163. The maximum absolute atomic E-state index is 12.9. The lowest BCUT2D eigenvalue weighted by Gasteiger charge is -2.32. The fraction of sp³-hybridized carbons (Fsp3) is 0.467. The van der Waals surface area contributed by atoms with Crippen LogP contribution in [0.15, 0.2) is 27.1 Å². The average molecular weight is 418 g/mol. The zero-order valence-electron chi connectivity index (χ0n) is 12.2. The van der Waals surface area contributed by atoms with Gasteiger partial charge in [-0.3, -0.25) is 9.59 Å². The van der Waals surface area contributed by atoms with Crippen LogP contribution in [0.2, 0.25) is 0 Å². The van der Waals surface area contributed by atoms with Crippen molar-refractivity contribution < 1.29 is 9.59 Å².